The maximum absolute atomic E-state index is 14.6. The summed E-state index contributed by atoms with van der Waals surface area (Å²) < 4.78 is 44.3. The molecule has 1 spiro atoms. The standard InChI is InChI=1S/C35H30ClF3N10O4/c1-18-14-34(8-11-46(12-9-34)32(53)27-29(51)19(2)40-17-41-27)26-28(18)47(16-25(50)43-23-7-6-20(13-22(23)36)35(37,38)39)33-44-30(45-49(33)31(26)52)21-15-42-48-10-4-3-5-24(21)48/h3-7,10,13,15,17-18,51H,8-9,11-12,14,16H2,1-2H3,(H,43,50). The highest BCUT2D eigenvalue weighted by Crippen LogP contribution is 2.50. The molecule has 1 aliphatic heterocycles. The Balaban J connectivity index is 1.20. The fourth-order valence-corrected chi connectivity index (χ4v) is 7.96. The molecular formula is C35H30ClF3N10O4. The number of piperidine rings is 1. The van der Waals surface area contributed by atoms with E-state index in [1.165, 1.54) is 10.8 Å². The summed E-state index contributed by atoms with van der Waals surface area (Å²) in [5.74, 6) is -1.29. The van der Waals surface area contributed by atoms with Crippen molar-refractivity contribution in [3.63, 3.8) is 0 Å². The van der Waals surface area contributed by atoms with E-state index >= 15 is 0 Å². The van der Waals surface area contributed by atoms with Gasteiger partial charge in [0.2, 0.25) is 11.7 Å². The average Bonchev–Trinajstić information content (AvgIpc) is 3.83. The second-order valence-corrected chi connectivity index (χ2v) is 13.9. The van der Waals surface area contributed by atoms with Crippen LogP contribution in [0.5, 0.6) is 5.75 Å². The van der Waals surface area contributed by atoms with Crippen LogP contribution in [0.25, 0.3) is 22.7 Å². The van der Waals surface area contributed by atoms with Crippen molar-refractivity contribution in [3.8, 4) is 17.1 Å². The lowest BCUT2D eigenvalue weighted by molar-refractivity contribution is -0.137. The van der Waals surface area contributed by atoms with Gasteiger partial charge in [0.1, 0.15) is 12.9 Å². The molecule has 18 heteroatoms. The second-order valence-electron chi connectivity index (χ2n) is 13.5. The Morgan fingerprint density at radius 2 is 1.91 bits per heavy atom. The summed E-state index contributed by atoms with van der Waals surface area (Å²) in [6.45, 7) is 3.69. The third-order valence-electron chi connectivity index (χ3n) is 10.2. The monoisotopic (exact) mass is 746 g/mol. The van der Waals surface area contributed by atoms with E-state index in [1.54, 1.807) is 33.3 Å². The van der Waals surface area contributed by atoms with Crippen LogP contribution in [0.1, 0.15) is 65.1 Å². The van der Waals surface area contributed by atoms with E-state index in [1.807, 2.05) is 25.1 Å². The minimum Gasteiger partial charge on any atom is -0.504 e. The average molecular weight is 747 g/mol. The molecule has 0 bridgehead atoms. The molecule has 14 nitrogen and oxygen atoms in total. The molecule has 1 aromatic carbocycles. The summed E-state index contributed by atoms with van der Waals surface area (Å²) in [7, 11) is 0. The van der Waals surface area contributed by atoms with Crippen molar-refractivity contribution >= 4 is 40.4 Å². The van der Waals surface area contributed by atoms with Gasteiger partial charge in [-0.1, -0.05) is 24.6 Å². The van der Waals surface area contributed by atoms with Crippen LogP contribution >= 0.6 is 11.6 Å². The minimum atomic E-state index is -4.62. The van der Waals surface area contributed by atoms with E-state index in [2.05, 4.69) is 25.5 Å². The number of carbonyl (C=O) groups is 2. The molecule has 272 valence electrons. The first kappa shape index (κ1) is 34.3. The maximum atomic E-state index is 14.6. The number of aromatic nitrogens is 8. The van der Waals surface area contributed by atoms with Gasteiger partial charge in [0.25, 0.3) is 11.5 Å². The number of alkyl halides is 3. The number of anilines is 1. The van der Waals surface area contributed by atoms with E-state index in [0.29, 0.717) is 41.6 Å². The highest BCUT2D eigenvalue weighted by Gasteiger charge is 2.49. The molecule has 1 unspecified atom stereocenters. The minimum absolute atomic E-state index is 0.0154. The van der Waals surface area contributed by atoms with Crippen LogP contribution in [0.2, 0.25) is 5.02 Å². The summed E-state index contributed by atoms with van der Waals surface area (Å²) >= 11 is 6.16. The molecule has 0 radical (unpaired) electrons. The molecule has 1 saturated heterocycles. The van der Waals surface area contributed by atoms with Gasteiger partial charge in [-0.25, -0.2) is 14.5 Å². The van der Waals surface area contributed by atoms with Gasteiger partial charge >= 0.3 is 6.18 Å². The van der Waals surface area contributed by atoms with Crippen molar-refractivity contribution in [1.29, 1.82) is 0 Å². The number of aryl methyl sites for hydroxylation is 1. The first-order valence-electron chi connectivity index (χ1n) is 16.7. The van der Waals surface area contributed by atoms with Crippen LogP contribution in [0, 0.1) is 6.92 Å². The molecule has 5 aromatic heterocycles. The number of hydrogen-bond donors (Lipinski definition) is 2. The van der Waals surface area contributed by atoms with Gasteiger partial charge in [-0.2, -0.15) is 27.8 Å². The Kier molecular flexibility index (Phi) is 8.01. The van der Waals surface area contributed by atoms with Gasteiger partial charge in [0.05, 0.1) is 39.2 Å². The summed E-state index contributed by atoms with van der Waals surface area (Å²) in [5, 5.41) is 21.8. The van der Waals surface area contributed by atoms with Crippen molar-refractivity contribution in [2.75, 3.05) is 18.4 Å². The highest BCUT2D eigenvalue weighted by molar-refractivity contribution is 6.33. The number of aromatic hydroxyl groups is 1. The number of rotatable bonds is 5. The normalized spacial score (nSPS) is 16.8. The molecule has 1 aliphatic carbocycles. The Labute approximate surface area is 302 Å². The number of nitrogens with zero attached hydrogens (tertiary/aromatic N) is 9. The first-order valence-corrected chi connectivity index (χ1v) is 17.1. The molecule has 53 heavy (non-hydrogen) atoms. The predicted octanol–water partition coefficient (Wildman–Crippen LogP) is 5.00. The summed E-state index contributed by atoms with van der Waals surface area (Å²) in [4.78, 5) is 56.0. The maximum Gasteiger partial charge on any atom is 0.416 e. The zero-order chi connectivity index (χ0) is 37.4. The van der Waals surface area contributed by atoms with Crippen LogP contribution in [0.15, 0.2) is 59.9 Å². The van der Waals surface area contributed by atoms with Crippen molar-refractivity contribution in [2.45, 2.75) is 57.2 Å². The van der Waals surface area contributed by atoms with Crippen molar-refractivity contribution in [2.24, 2.45) is 0 Å². The lowest BCUT2D eigenvalue weighted by Crippen LogP contribution is -2.46. The number of halogens is 4. The fraction of sp³-hybridized carbons (Fsp3) is 0.314. The number of likely N-dealkylation sites (tertiary alicyclic amines) is 1. The Bertz CT molecular complexity index is 2540. The third-order valence-corrected chi connectivity index (χ3v) is 10.5. The Morgan fingerprint density at radius 1 is 1.13 bits per heavy atom. The molecule has 0 saturated carbocycles. The van der Waals surface area contributed by atoms with E-state index in [4.69, 9.17) is 16.6 Å². The second kappa shape index (κ2) is 12.4. The summed E-state index contributed by atoms with van der Waals surface area (Å²) in [6, 6.07) is 8.13. The SMILES string of the molecule is Cc1ncnc(C(=O)N2CCC3(CC2)CC(C)c2c3c(=O)n3nc(-c4cnn5ccccc45)nc3n2CC(=O)Nc2ccc(C(F)(F)F)cc2Cl)c1O. The molecular weight excluding hydrogens is 717 g/mol. The smallest absolute Gasteiger partial charge is 0.416 e. The molecule has 6 aromatic rings. The highest BCUT2D eigenvalue weighted by atomic mass is 35.5. The van der Waals surface area contributed by atoms with E-state index in [0.717, 1.165) is 18.2 Å². The number of benzene rings is 1. The molecule has 1 atom stereocenters. The lowest BCUT2D eigenvalue weighted by Gasteiger charge is -2.39. The van der Waals surface area contributed by atoms with Crippen molar-refractivity contribution in [3.05, 3.63) is 98.7 Å². The third kappa shape index (κ3) is 5.66. The number of nitrogens with one attached hydrogen (secondary N) is 1. The molecule has 2 amide bonds. The van der Waals surface area contributed by atoms with Crippen molar-refractivity contribution < 1.29 is 27.9 Å². The van der Waals surface area contributed by atoms with E-state index < -0.39 is 34.5 Å². The van der Waals surface area contributed by atoms with Gasteiger partial charge in [-0.15, -0.1) is 5.10 Å². The van der Waals surface area contributed by atoms with Gasteiger partial charge < -0.3 is 19.9 Å². The topological polar surface area (TPSA) is 165 Å². The lowest BCUT2D eigenvalue weighted by atomic mass is 9.73. The number of pyridine rings is 1. The van der Waals surface area contributed by atoms with Gasteiger partial charge in [-0.3, -0.25) is 14.4 Å². The van der Waals surface area contributed by atoms with Crippen LogP contribution in [0.3, 0.4) is 0 Å². The number of hydrogen-bond acceptors (Lipinski definition) is 9. The van der Waals surface area contributed by atoms with E-state index in [9.17, 15) is 32.7 Å². The van der Waals surface area contributed by atoms with Crippen LogP contribution in [-0.2, 0) is 22.9 Å². The van der Waals surface area contributed by atoms with Crippen molar-refractivity contribution in [1.82, 2.24) is 43.6 Å². The zero-order valence-corrected chi connectivity index (χ0v) is 29.0. The van der Waals surface area contributed by atoms with Gasteiger partial charge in [0, 0.05) is 36.0 Å². The molecule has 8 rings (SSSR count). The van der Waals surface area contributed by atoms with Crippen LogP contribution < -0.4 is 10.9 Å². The number of carbonyl (C=O) groups excluding carboxylic acids is 2. The zero-order valence-electron chi connectivity index (χ0n) is 28.2. The van der Waals surface area contributed by atoms with E-state index in [-0.39, 0.29) is 65.0 Å². The molecule has 6 heterocycles. The van der Waals surface area contributed by atoms with Crippen LogP contribution in [0.4, 0.5) is 18.9 Å². The van der Waals surface area contributed by atoms with Gasteiger partial charge in [-0.05, 0) is 62.4 Å². The first-order chi connectivity index (χ1) is 25.3. The molecule has 2 N–H and O–H groups in total. The summed E-state index contributed by atoms with van der Waals surface area (Å²) in [5.41, 5.74) is 0.405. The van der Waals surface area contributed by atoms with Crippen LogP contribution in [-0.4, -0.2) is 73.7 Å². The Hall–Kier alpha value is -5.84. The predicted molar refractivity (Wildman–Crippen MR) is 185 cm³/mol. The number of amides is 2. The number of fused-ring (bicyclic) bond motifs is 4. The fourth-order valence-electron chi connectivity index (χ4n) is 7.74. The summed E-state index contributed by atoms with van der Waals surface area (Å²) in [6.07, 6.45) is 1.30. The quantitative estimate of drug-likeness (QED) is 0.247. The Morgan fingerprint density at radius 3 is 2.64 bits per heavy atom. The molecule has 1 fully saturated rings. The largest absolute Gasteiger partial charge is 0.504 e. The molecule has 2 aliphatic rings. The van der Waals surface area contributed by atoms with Gasteiger partial charge in [0.15, 0.2) is 17.3 Å².